The molecule has 3 fully saturated rings. The van der Waals surface area contributed by atoms with Crippen LogP contribution in [0.15, 0.2) is 0 Å². The highest BCUT2D eigenvalue weighted by molar-refractivity contribution is 5.22. The third kappa shape index (κ3) is 2.04. The number of nitrogens with two attached hydrogens (primary N) is 1. The zero-order chi connectivity index (χ0) is 14.8. The van der Waals surface area contributed by atoms with Crippen LogP contribution >= 0.6 is 0 Å². The smallest absolute Gasteiger partial charge is 0.190 e. The molecule has 0 aromatic rings. The molecule has 0 aliphatic carbocycles. The van der Waals surface area contributed by atoms with Crippen LogP contribution in [0.5, 0.6) is 0 Å². The number of fused-ring (bicyclic) bond motifs is 1. The first-order valence-electron chi connectivity index (χ1n) is 6.70. The maximum absolute atomic E-state index is 9.52. The second-order valence-electron chi connectivity index (χ2n) is 6.39. The Morgan fingerprint density at radius 3 is 2.30 bits per heavy atom. The second-order valence-corrected chi connectivity index (χ2v) is 6.39. The Hall–Kier alpha value is -0.750. The van der Waals surface area contributed by atoms with Gasteiger partial charge in [-0.3, -0.25) is 0 Å². The SMILES string of the molecule is CC1(C)OC[C@@H]([C@H]2O[C@@H]3OC(C)(C)O[C@@H]3[C@@]2(N)C#N)O1. The molecule has 20 heavy (non-hydrogen) atoms. The van der Waals surface area contributed by atoms with Gasteiger partial charge >= 0.3 is 0 Å². The molecule has 0 bridgehead atoms. The molecule has 0 spiro atoms. The van der Waals surface area contributed by atoms with E-state index in [1.54, 1.807) is 13.8 Å². The molecule has 0 amide bonds. The third-order valence-electron chi connectivity index (χ3n) is 3.84. The summed E-state index contributed by atoms with van der Waals surface area (Å²) in [6.45, 7) is 7.47. The standard InChI is InChI=1S/C13H20N2O5/c1-11(2)16-5-7(18-11)8-13(15,6-14)9-10(17-8)20-12(3,4)19-9/h7-10H,5,15H2,1-4H3/t7-,8+,9-,10+,13+/m0/s1. The monoisotopic (exact) mass is 284 g/mol. The van der Waals surface area contributed by atoms with Gasteiger partial charge in [0.05, 0.1) is 12.7 Å². The van der Waals surface area contributed by atoms with Gasteiger partial charge < -0.3 is 29.4 Å². The first-order chi connectivity index (χ1) is 9.17. The molecule has 3 heterocycles. The first-order valence-corrected chi connectivity index (χ1v) is 6.70. The minimum Gasteiger partial charge on any atom is -0.348 e. The average molecular weight is 284 g/mol. The Kier molecular flexibility index (Phi) is 2.93. The van der Waals surface area contributed by atoms with Crippen LogP contribution < -0.4 is 5.73 Å². The molecular formula is C13H20N2O5. The van der Waals surface area contributed by atoms with E-state index in [1.807, 2.05) is 13.8 Å². The Labute approximate surface area is 117 Å². The van der Waals surface area contributed by atoms with Crippen LogP contribution in [0.1, 0.15) is 27.7 Å². The molecule has 7 nitrogen and oxygen atoms in total. The number of nitriles is 1. The average Bonchev–Trinajstić information content (AvgIpc) is 2.91. The zero-order valence-electron chi connectivity index (χ0n) is 12.1. The molecule has 2 N–H and O–H groups in total. The zero-order valence-corrected chi connectivity index (χ0v) is 12.1. The summed E-state index contributed by atoms with van der Waals surface area (Å²) >= 11 is 0. The number of hydrogen-bond acceptors (Lipinski definition) is 7. The topological polar surface area (TPSA) is 96.0 Å². The minimum absolute atomic E-state index is 0.321. The van der Waals surface area contributed by atoms with Crippen LogP contribution in [0, 0.1) is 11.3 Å². The molecule has 5 atom stereocenters. The van der Waals surface area contributed by atoms with E-state index in [1.165, 1.54) is 0 Å². The molecule has 0 radical (unpaired) electrons. The number of nitrogens with zero attached hydrogens (tertiary/aromatic N) is 1. The van der Waals surface area contributed by atoms with Crippen molar-refractivity contribution in [1.82, 2.24) is 0 Å². The van der Waals surface area contributed by atoms with Crippen LogP contribution in [0.3, 0.4) is 0 Å². The summed E-state index contributed by atoms with van der Waals surface area (Å²) in [5.74, 6) is -1.52. The molecule has 112 valence electrons. The van der Waals surface area contributed by atoms with Crippen molar-refractivity contribution in [3.63, 3.8) is 0 Å². The first kappa shape index (κ1) is 14.2. The van der Waals surface area contributed by atoms with Crippen molar-refractivity contribution in [2.75, 3.05) is 6.61 Å². The summed E-state index contributed by atoms with van der Waals surface area (Å²) in [6.07, 6.45) is -2.37. The Balaban J connectivity index is 1.83. The Morgan fingerprint density at radius 2 is 1.75 bits per heavy atom. The molecular weight excluding hydrogens is 264 g/mol. The highest BCUT2D eigenvalue weighted by atomic mass is 16.8. The lowest BCUT2D eigenvalue weighted by atomic mass is 9.88. The molecule has 3 aliphatic heterocycles. The lowest BCUT2D eigenvalue weighted by Crippen LogP contribution is -2.59. The molecule has 7 heteroatoms. The van der Waals surface area contributed by atoms with E-state index in [9.17, 15) is 5.26 Å². The van der Waals surface area contributed by atoms with E-state index in [0.29, 0.717) is 6.61 Å². The van der Waals surface area contributed by atoms with Crippen LogP contribution in [0.4, 0.5) is 0 Å². The van der Waals surface area contributed by atoms with E-state index in [-0.39, 0.29) is 0 Å². The van der Waals surface area contributed by atoms with Gasteiger partial charge in [0.1, 0.15) is 18.3 Å². The quantitative estimate of drug-likeness (QED) is 0.736. The van der Waals surface area contributed by atoms with Crippen LogP contribution in [0.25, 0.3) is 0 Å². The number of hydrogen-bond donors (Lipinski definition) is 1. The minimum atomic E-state index is -1.33. The summed E-state index contributed by atoms with van der Waals surface area (Å²) in [5.41, 5.74) is 4.92. The molecule has 3 saturated heterocycles. The molecule has 3 rings (SSSR count). The van der Waals surface area contributed by atoms with Gasteiger partial charge in [0.25, 0.3) is 0 Å². The lowest BCUT2D eigenvalue weighted by molar-refractivity contribution is -0.226. The van der Waals surface area contributed by atoms with Crippen molar-refractivity contribution in [3.8, 4) is 6.07 Å². The molecule has 3 aliphatic rings. The van der Waals surface area contributed by atoms with Crippen molar-refractivity contribution in [1.29, 1.82) is 5.26 Å². The predicted molar refractivity (Wildman–Crippen MR) is 66.1 cm³/mol. The van der Waals surface area contributed by atoms with Crippen molar-refractivity contribution in [2.45, 2.75) is 69.4 Å². The van der Waals surface area contributed by atoms with Gasteiger partial charge in [-0.1, -0.05) is 0 Å². The Morgan fingerprint density at radius 1 is 1.05 bits per heavy atom. The van der Waals surface area contributed by atoms with E-state index in [2.05, 4.69) is 6.07 Å². The van der Waals surface area contributed by atoms with Gasteiger partial charge in [0.2, 0.25) is 0 Å². The lowest BCUT2D eigenvalue weighted by Gasteiger charge is -2.31. The third-order valence-corrected chi connectivity index (χ3v) is 3.84. The van der Waals surface area contributed by atoms with Gasteiger partial charge in [-0.25, -0.2) is 0 Å². The summed E-state index contributed by atoms with van der Waals surface area (Å²) in [4.78, 5) is 0. The van der Waals surface area contributed by atoms with E-state index < -0.39 is 41.7 Å². The maximum Gasteiger partial charge on any atom is 0.190 e. The van der Waals surface area contributed by atoms with Gasteiger partial charge in [-0.2, -0.15) is 5.26 Å². The predicted octanol–water partition coefficient (Wildman–Crippen LogP) is 0.235. The van der Waals surface area contributed by atoms with Gasteiger partial charge in [0.15, 0.2) is 23.4 Å². The van der Waals surface area contributed by atoms with E-state index >= 15 is 0 Å². The van der Waals surface area contributed by atoms with Crippen LogP contribution in [-0.4, -0.2) is 48.3 Å². The fourth-order valence-electron chi connectivity index (χ4n) is 2.96. The van der Waals surface area contributed by atoms with E-state index in [4.69, 9.17) is 29.4 Å². The fraction of sp³-hybridized carbons (Fsp3) is 0.923. The summed E-state index contributed by atoms with van der Waals surface area (Å²) in [6, 6.07) is 2.12. The fourth-order valence-corrected chi connectivity index (χ4v) is 2.96. The van der Waals surface area contributed by atoms with Gasteiger partial charge in [-0.05, 0) is 27.7 Å². The number of rotatable bonds is 1. The maximum atomic E-state index is 9.52. The van der Waals surface area contributed by atoms with Gasteiger partial charge in [-0.15, -0.1) is 0 Å². The van der Waals surface area contributed by atoms with Gasteiger partial charge in [0, 0.05) is 0 Å². The van der Waals surface area contributed by atoms with Crippen LogP contribution in [0.2, 0.25) is 0 Å². The molecule has 0 aromatic carbocycles. The summed E-state index contributed by atoms with van der Waals surface area (Å²) in [5, 5.41) is 9.52. The summed E-state index contributed by atoms with van der Waals surface area (Å²) < 4.78 is 28.4. The molecule has 0 saturated carbocycles. The summed E-state index contributed by atoms with van der Waals surface area (Å²) in [7, 11) is 0. The van der Waals surface area contributed by atoms with E-state index in [0.717, 1.165) is 0 Å². The van der Waals surface area contributed by atoms with Crippen molar-refractivity contribution in [3.05, 3.63) is 0 Å². The number of ether oxygens (including phenoxy) is 5. The molecule has 0 unspecified atom stereocenters. The highest BCUT2D eigenvalue weighted by Gasteiger charge is 2.65. The largest absolute Gasteiger partial charge is 0.348 e. The van der Waals surface area contributed by atoms with Crippen molar-refractivity contribution >= 4 is 0 Å². The van der Waals surface area contributed by atoms with Crippen molar-refractivity contribution in [2.24, 2.45) is 5.73 Å². The normalized spacial score (nSPS) is 49.0. The molecule has 0 aromatic heterocycles. The van der Waals surface area contributed by atoms with Crippen molar-refractivity contribution < 1.29 is 23.7 Å². The van der Waals surface area contributed by atoms with Crippen LogP contribution in [-0.2, 0) is 23.7 Å². The Bertz CT molecular complexity index is 460. The second kappa shape index (κ2) is 4.13. The highest BCUT2D eigenvalue weighted by Crippen LogP contribution is 2.44.